The second kappa shape index (κ2) is 6.68. The summed E-state index contributed by atoms with van der Waals surface area (Å²) in [5, 5.41) is 6.48. The molecule has 27 heavy (non-hydrogen) atoms. The zero-order chi connectivity index (χ0) is 19.1. The van der Waals surface area contributed by atoms with E-state index in [9.17, 15) is 4.79 Å². The lowest BCUT2D eigenvalue weighted by atomic mass is 9.69. The molecule has 1 atom stereocenters. The molecule has 2 aliphatic heterocycles. The monoisotopic (exact) mass is 367 g/mol. The molecule has 2 amide bonds. The Labute approximate surface area is 161 Å². The first-order valence-electron chi connectivity index (χ1n) is 9.76. The largest absolute Gasteiger partial charge is 0.368 e. The summed E-state index contributed by atoms with van der Waals surface area (Å²) in [5.74, 6) is 0. The van der Waals surface area contributed by atoms with Gasteiger partial charge < -0.3 is 10.6 Å². The van der Waals surface area contributed by atoms with Gasteiger partial charge in [-0.2, -0.15) is 0 Å². The van der Waals surface area contributed by atoms with E-state index in [0.717, 1.165) is 31.4 Å². The van der Waals surface area contributed by atoms with Crippen molar-refractivity contribution in [2.45, 2.75) is 49.9 Å². The summed E-state index contributed by atoms with van der Waals surface area (Å²) in [4.78, 5) is 21.2. The molecule has 2 heterocycles. The van der Waals surface area contributed by atoms with Gasteiger partial charge >= 0.3 is 6.03 Å². The van der Waals surface area contributed by atoms with E-state index in [1.54, 1.807) is 6.21 Å². The van der Waals surface area contributed by atoms with E-state index in [0.29, 0.717) is 6.54 Å². The van der Waals surface area contributed by atoms with Crippen molar-refractivity contribution in [1.29, 1.82) is 0 Å². The summed E-state index contributed by atoms with van der Waals surface area (Å²) in [6, 6.07) is 10.8. The van der Waals surface area contributed by atoms with Crippen molar-refractivity contribution in [3.63, 3.8) is 0 Å². The van der Waals surface area contributed by atoms with Gasteiger partial charge in [0.05, 0.1) is 17.8 Å². The fraction of sp³-hybridized carbons (Fsp3) is 0.524. The quantitative estimate of drug-likeness (QED) is 0.863. The molecule has 144 valence electrons. The Bertz CT molecular complexity index is 762. The number of aliphatic imine (C=N–C) groups is 1. The molecule has 4 rings (SSSR count). The summed E-state index contributed by atoms with van der Waals surface area (Å²) in [6.45, 7) is 2.69. The molecule has 1 aliphatic carbocycles. The van der Waals surface area contributed by atoms with Gasteiger partial charge in [0.1, 0.15) is 6.17 Å². The van der Waals surface area contributed by atoms with Crippen LogP contribution in [0.3, 0.4) is 0 Å². The van der Waals surface area contributed by atoms with Crippen LogP contribution in [0, 0.1) is 0 Å². The Morgan fingerprint density at radius 3 is 2.44 bits per heavy atom. The van der Waals surface area contributed by atoms with Crippen LogP contribution in [-0.4, -0.2) is 54.4 Å². The number of hydrogen-bond donors (Lipinski definition) is 2. The van der Waals surface area contributed by atoms with Crippen molar-refractivity contribution < 1.29 is 4.79 Å². The minimum atomic E-state index is -0.150. The van der Waals surface area contributed by atoms with E-state index in [-0.39, 0.29) is 23.3 Å². The molecule has 1 aromatic carbocycles. The highest BCUT2D eigenvalue weighted by atomic mass is 16.2. The first-order chi connectivity index (χ1) is 12.9. The van der Waals surface area contributed by atoms with E-state index >= 15 is 0 Å². The van der Waals surface area contributed by atoms with Crippen LogP contribution < -0.4 is 10.6 Å². The number of carbonyl (C=O) groups is 1. The van der Waals surface area contributed by atoms with Crippen LogP contribution in [0.4, 0.5) is 4.79 Å². The number of nitrogens with one attached hydrogen (secondary N) is 2. The maximum absolute atomic E-state index is 12.7. The van der Waals surface area contributed by atoms with Gasteiger partial charge in [-0.05, 0) is 52.3 Å². The first kappa shape index (κ1) is 18.0. The Morgan fingerprint density at radius 2 is 1.85 bits per heavy atom. The van der Waals surface area contributed by atoms with Crippen LogP contribution in [0.15, 0.2) is 47.2 Å². The van der Waals surface area contributed by atoms with Crippen molar-refractivity contribution in [3.05, 3.63) is 47.8 Å². The summed E-state index contributed by atoms with van der Waals surface area (Å²) in [6.07, 6.45) is 7.76. The fourth-order valence-corrected chi connectivity index (χ4v) is 4.71. The fourth-order valence-electron chi connectivity index (χ4n) is 4.71. The molecular weight excluding hydrogens is 338 g/mol. The van der Waals surface area contributed by atoms with Crippen LogP contribution in [0.25, 0.3) is 0 Å². The topological polar surface area (TPSA) is 60.0 Å². The van der Waals surface area contributed by atoms with E-state index in [1.807, 2.05) is 18.0 Å². The van der Waals surface area contributed by atoms with Crippen LogP contribution in [-0.2, 0) is 5.54 Å². The average molecular weight is 367 g/mol. The van der Waals surface area contributed by atoms with Crippen molar-refractivity contribution in [3.8, 4) is 0 Å². The lowest BCUT2D eigenvalue weighted by Crippen LogP contribution is -2.54. The third kappa shape index (κ3) is 3.12. The lowest BCUT2D eigenvalue weighted by Gasteiger charge is -2.48. The second-order valence-corrected chi connectivity index (χ2v) is 8.28. The van der Waals surface area contributed by atoms with Crippen molar-refractivity contribution >= 4 is 12.2 Å². The summed E-state index contributed by atoms with van der Waals surface area (Å²) < 4.78 is 0. The van der Waals surface area contributed by atoms with E-state index < -0.39 is 0 Å². The third-order valence-electron chi connectivity index (χ3n) is 6.49. The number of carbonyl (C=O) groups excluding carboxylic acids is 1. The van der Waals surface area contributed by atoms with Crippen molar-refractivity contribution in [1.82, 2.24) is 20.4 Å². The SMILES string of the molecule is CC1N=CC(N2C[C@]3(CC[C@](c4ccccc4)(N(C)C)CC3)NC2=O)=CN1. The minimum absolute atomic E-state index is 0.0129. The van der Waals surface area contributed by atoms with Gasteiger partial charge in [-0.3, -0.25) is 14.8 Å². The molecule has 0 radical (unpaired) electrons. The van der Waals surface area contributed by atoms with Gasteiger partial charge in [0.15, 0.2) is 0 Å². The Balaban J connectivity index is 1.52. The van der Waals surface area contributed by atoms with Crippen LogP contribution in [0.2, 0.25) is 0 Å². The highest BCUT2D eigenvalue weighted by Crippen LogP contribution is 2.46. The third-order valence-corrected chi connectivity index (χ3v) is 6.49. The number of urea groups is 1. The first-order valence-corrected chi connectivity index (χ1v) is 9.76. The second-order valence-electron chi connectivity index (χ2n) is 8.28. The molecule has 0 bridgehead atoms. The van der Waals surface area contributed by atoms with Gasteiger partial charge in [-0.25, -0.2) is 4.79 Å². The predicted octanol–water partition coefficient (Wildman–Crippen LogP) is 2.64. The number of allylic oxidation sites excluding steroid dienone is 1. The Morgan fingerprint density at radius 1 is 1.15 bits per heavy atom. The molecule has 3 aliphatic rings. The number of nitrogens with zero attached hydrogens (tertiary/aromatic N) is 3. The lowest BCUT2D eigenvalue weighted by molar-refractivity contribution is 0.0630. The normalized spacial score (nSPS) is 33.2. The molecule has 1 spiro atoms. The van der Waals surface area contributed by atoms with Gasteiger partial charge in [-0.15, -0.1) is 0 Å². The van der Waals surface area contributed by atoms with E-state index in [2.05, 4.69) is 65.0 Å². The van der Waals surface area contributed by atoms with Crippen LogP contribution in [0.1, 0.15) is 38.2 Å². The van der Waals surface area contributed by atoms with Gasteiger partial charge in [0, 0.05) is 18.0 Å². The molecular formula is C21H29N5O. The zero-order valence-corrected chi connectivity index (χ0v) is 16.4. The molecule has 1 saturated heterocycles. The van der Waals surface area contributed by atoms with Gasteiger partial charge in [-0.1, -0.05) is 30.3 Å². The smallest absolute Gasteiger partial charge is 0.322 e. The standard InChI is InChI=1S/C21H29N5O/c1-16-22-13-18(14-23-16)26-15-20(24-19(26)27)9-11-21(12-10-20,25(2)3)17-7-5-4-6-8-17/h4-8,13-14,16,22H,9-12,15H2,1-3H3,(H,24,27)/t16?,20-,21+. The summed E-state index contributed by atoms with van der Waals surface area (Å²) >= 11 is 0. The number of hydrogen-bond acceptors (Lipinski definition) is 4. The maximum Gasteiger partial charge on any atom is 0.322 e. The molecule has 1 aromatic rings. The molecule has 6 heteroatoms. The zero-order valence-electron chi connectivity index (χ0n) is 16.4. The number of benzene rings is 1. The molecule has 1 unspecified atom stereocenters. The number of rotatable bonds is 3. The van der Waals surface area contributed by atoms with Crippen LogP contribution >= 0.6 is 0 Å². The average Bonchev–Trinajstić information content (AvgIpc) is 3.00. The highest BCUT2D eigenvalue weighted by molar-refractivity contribution is 5.89. The van der Waals surface area contributed by atoms with Crippen molar-refractivity contribution in [2.24, 2.45) is 4.99 Å². The molecule has 2 fully saturated rings. The summed E-state index contributed by atoms with van der Waals surface area (Å²) in [5.41, 5.74) is 2.09. The Kier molecular flexibility index (Phi) is 4.46. The van der Waals surface area contributed by atoms with Gasteiger partial charge in [0.25, 0.3) is 0 Å². The maximum atomic E-state index is 12.7. The van der Waals surface area contributed by atoms with Gasteiger partial charge in [0.2, 0.25) is 0 Å². The minimum Gasteiger partial charge on any atom is -0.368 e. The summed E-state index contributed by atoms with van der Waals surface area (Å²) in [7, 11) is 4.33. The predicted molar refractivity (Wildman–Crippen MR) is 107 cm³/mol. The molecule has 6 nitrogen and oxygen atoms in total. The molecule has 1 saturated carbocycles. The van der Waals surface area contributed by atoms with Crippen molar-refractivity contribution in [2.75, 3.05) is 20.6 Å². The van der Waals surface area contributed by atoms with E-state index in [4.69, 9.17) is 0 Å². The van der Waals surface area contributed by atoms with Crippen LogP contribution in [0.5, 0.6) is 0 Å². The molecule has 2 N–H and O–H groups in total. The van der Waals surface area contributed by atoms with E-state index in [1.165, 1.54) is 5.56 Å². The Hall–Kier alpha value is -2.34. The molecule has 0 aromatic heterocycles. The number of amides is 2. The highest BCUT2D eigenvalue weighted by Gasteiger charge is 2.50.